The molecule has 0 saturated heterocycles. The van der Waals surface area contributed by atoms with Gasteiger partial charge in [0.05, 0.1) is 17.8 Å². The van der Waals surface area contributed by atoms with Gasteiger partial charge in [-0.3, -0.25) is 4.98 Å². The molecule has 0 aliphatic heterocycles. The zero-order chi connectivity index (χ0) is 14.2. The van der Waals surface area contributed by atoms with Gasteiger partial charge in [0, 0.05) is 18.0 Å². The van der Waals surface area contributed by atoms with E-state index in [1.807, 2.05) is 18.2 Å². The van der Waals surface area contributed by atoms with Crippen molar-refractivity contribution < 1.29 is 4.74 Å². The zero-order valence-electron chi connectivity index (χ0n) is 12.5. The Kier molecular flexibility index (Phi) is 5.81. The van der Waals surface area contributed by atoms with Crippen molar-refractivity contribution in [3.8, 4) is 5.75 Å². The normalized spacial score (nSPS) is 10.9. The average molecular weight is 272 g/mol. The quantitative estimate of drug-likeness (QED) is 0.740. The number of nitrogens with one attached hydrogen (secondary N) is 1. The monoisotopic (exact) mass is 272 g/mol. The molecule has 1 heterocycles. The van der Waals surface area contributed by atoms with Crippen LogP contribution in [0, 0.1) is 0 Å². The molecule has 1 aromatic carbocycles. The van der Waals surface area contributed by atoms with Gasteiger partial charge in [-0.2, -0.15) is 0 Å². The van der Waals surface area contributed by atoms with Crippen LogP contribution in [-0.2, 0) is 6.54 Å². The summed E-state index contributed by atoms with van der Waals surface area (Å²) < 4.78 is 5.97. The minimum atomic E-state index is 0.780. The van der Waals surface area contributed by atoms with Crippen LogP contribution in [0.2, 0.25) is 0 Å². The molecule has 108 valence electrons. The Labute approximate surface area is 121 Å². The number of pyridine rings is 1. The predicted octanol–water partition coefficient (Wildman–Crippen LogP) is 3.91. The summed E-state index contributed by atoms with van der Waals surface area (Å²) >= 11 is 0. The molecule has 0 aliphatic rings. The number of unbranched alkanes of at least 4 members (excludes halogenated alkanes) is 2. The van der Waals surface area contributed by atoms with Crippen LogP contribution in [0.25, 0.3) is 10.9 Å². The van der Waals surface area contributed by atoms with E-state index in [0.717, 1.165) is 48.5 Å². The van der Waals surface area contributed by atoms with E-state index >= 15 is 0 Å². The van der Waals surface area contributed by atoms with Crippen molar-refractivity contribution in [2.45, 2.75) is 39.7 Å². The highest BCUT2D eigenvalue weighted by Crippen LogP contribution is 2.25. The Bertz CT molecular complexity index is 540. The molecule has 0 unspecified atom stereocenters. The van der Waals surface area contributed by atoms with Crippen LogP contribution < -0.4 is 10.1 Å². The zero-order valence-corrected chi connectivity index (χ0v) is 12.5. The Morgan fingerprint density at radius 3 is 2.80 bits per heavy atom. The van der Waals surface area contributed by atoms with Crippen LogP contribution in [0.15, 0.2) is 30.3 Å². The topological polar surface area (TPSA) is 34.1 Å². The van der Waals surface area contributed by atoms with Crippen molar-refractivity contribution in [2.75, 3.05) is 13.2 Å². The maximum atomic E-state index is 5.97. The lowest BCUT2D eigenvalue weighted by Gasteiger charge is -2.11. The second-order valence-corrected chi connectivity index (χ2v) is 4.96. The Morgan fingerprint density at radius 2 is 2.00 bits per heavy atom. The van der Waals surface area contributed by atoms with Crippen LogP contribution in [0.1, 0.15) is 38.8 Å². The number of benzene rings is 1. The van der Waals surface area contributed by atoms with Crippen molar-refractivity contribution in [3.05, 3.63) is 36.0 Å². The molecule has 0 aliphatic carbocycles. The third-order valence-electron chi connectivity index (χ3n) is 3.29. The van der Waals surface area contributed by atoms with Crippen molar-refractivity contribution in [1.82, 2.24) is 10.3 Å². The van der Waals surface area contributed by atoms with Gasteiger partial charge in [-0.1, -0.05) is 38.8 Å². The number of para-hydroxylation sites is 1. The molecule has 0 saturated carbocycles. The molecule has 3 heteroatoms. The largest absolute Gasteiger partial charge is 0.493 e. The molecule has 1 aromatic heterocycles. The van der Waals surface area contributed by atoms with Gasteiger partial charge in [0.2, 0.25) is 0 Å². The molecule has 3 nitrogen and oxygen atoms in total. The number of hydrogen-bond donors (Lipinski definition) is 1. The molecule has 0 bridgehead atoms. The van der Waals surface area contributed by atoms with E-state index in [4.69, 9.17) is 4.74 Å². The second kappa shape index (κ2) is 7.85. The van der Waals surface area contributed by atoms with E-state index < -0.39 is 0 Å². The number of ether oxygens (including phenoxy) is 1. The number of aromatic nitrogens is 1. The third-order valence-corrected chi connectivity index (χ3v) is 3.29. The van der Waals surface area contributed by atoms with Crippen molar-refractivity contribution in [2.24, 2.45) is 0 Å². The molecular formula is C17H24N2O. The van der Waals surface area contributed by atoms with E-state index in [0.29, 0.717) is 0 Å². The maximum Gasteiger partial charge on any atom is 0.130 e. The van der Waals surface area contributed by atoms with E-state index in [2.05, 4.69) is 36.3 Å². The van der Waals surface area contributed by atoms with Gasteiger partial charge in [0.15, 0.2) is 0 Å². The lowest BCUT2D eigenvalue weighted by atomic mass is 10.2. The Morgan fingerprint density at radius 1 is 1.15 bits per heavy atom. The summed E-state index contributed by atoms with van der Waals surface area (Å²) in [5, 5.41) is 4.42. The molecule has 2 rings (SSSR count). The number of rotatable bonds is 8. The minimum Gasteiger partial charge on any atom is -0.493 e. The van der Waals surface area contributed by atoms with Gasteiger partial charge < -0.3 is 10.1 Å². The predicted molar refractivity (Wildman–Crippen MR) is 84.1 cm³/mol. The summed E-state index contributed by atoms with van der Waals surface area (Å²) in [6, 6.07) is 10.2. The van der Waals surface area contributed by atoms with E-state index in [1.54, 1.807) is 0 Å². The Hall–Kier alpha value is -1.61. The van der Waals surface area contributed by atoms with Gasteiger partial charge in [0.25, 0.3) is 0 Å². The number of fused-ring (bicyclic) bond motifs is 1. The summed E-state index contributed by atoms with van der Waals surface area (Å²) in [6.07, 6.45) is 3.54. The van der Waals surface area contributed by atoms with Crippen molar-refractivity contribution in [1.29, 1.82) is 0 Å². The summed E-state index contributed by atoms with van der Waals surface area (Å²) in [4.78, 5) is 4.68. The first-order valence-electron chi connectivity index (χ1n) is 7.57. The van der Waals surface area contributed by atoms with Gasteiger partial charge in [-0.05, 0) is 25.1 Å². The van der Waals surface area contributed by atoms with Crippen LogP contribution in [0.5, 0.6) is 5.75 Å². The summed E-state index contributed by atoms with van der Waals surface area (Å²) in [5.41, 5.74) is 2.05. The Balaban J connectivity index is 2.19. The molecule has 20 heavy (non-hydrogen) atoms. The van der Waals surface area contributed by atoms with Crippen molar-refractivity contribution >= 4 is 10.9 Å². The van der Waals surface area contributed by atoms with E-state index in [9.17, 15) is 0 Å². The third kappa shape index (κ3) is 3.94. The molecule has 0 radical (unpaired) electrons. The first-order chi connectivity index (χ1) is 9.85. The van der Waals surface area contributed by atoms with Crippen LogP contribution in [0.4, 0.5) is 0 Å². The van der Waals surface area contributed by atoms with Crippen molar-refractivity contribution in [3.63, 3.8) is 0 Å². The smallest absolute Gasteiger partial charge is 0.130 e. The second-order valence-electron chi connectivity index (χ2n) is 4.96. The average Bonchev–Trinajstić information content (AvgIpc) is 2.49. The highest BCUT2D eigenvalue weighted by Gasteiger charge is 2.06. The number of nitrogens with zero attached hydrogens (tertiary/aromatic N) is 1. The maximum absolute atomic E-state index is 5.97. The van der Waals surface area contributed by atoms with E-state index in [-0.39, 0.29) is 0 Å². The fraction of sp³-hybridized carbons (Fsp3) is 0.471. The molecule has 0 spiro atoms. The SMILES string of the molecule is CCCCCOc1cc(CNCC)nc2ccccc12. The fourth-order valence-electron chi connectivity index (χ4n) is 2.19. The lowest BCUT2D eigenvalue weighted by Crippen LogP contribution is -2.13. The highest BCUT2D eigenvalue weighted by atomic mass is 16.5. The highest BCUT2D eigenvalue weighted by molar-refractivity contribution is 5.85. The van der Waals surface area contributed by atoms with Crippen LogP contribution in [0.3, 0.4) is 0 Å². The molecule has 1 N–H and O–H groups in total. The standard InChI is InChI=1S/C17H24N2O/c1-3-5-8-11-20-17-12-14(13-18-4-2)19-16-10-7-6-9-15(16)17/h6-7,9-10,12,18H,3-5,8,11,13H2,1-2H3. The molecule has 0 fully saturated rings. The fourth-order valence-corrected chi connectivity index (χ4v) is 2.19. The summed E-state index contributed by atoms with van der Waals surface area (Å²) in [6.45, 7) is 6.82. The minimum absolute atomic E-state index is 0.780. The van der Waals surface area contributed by atoms with Crippen LogP contribution >= 0.6 is 0 Å². The van der Waals surface area contributed by atoms with Gasteiger partial charge in [-0.25, -0.2) is 0 Å². The number of hydrogen-bond acceptors (Lipinski definition) is 3. The van der Waals surface area contributed by atoms with Gasteiger partial charge in [-0.15, -0.1) is 0 Å². The first-order valence-corrected chi connectivity index (χ1v) is 7.57. The molecular weight excluding hydrogens is 248 g/mol. The summed E-state index contributed by atoms with van der Waals surface area (Å²) in [7, 11) is 0. The lowest BCUT2D eigenvalue weighted by molar-refractivity contribution is 0.309. The summed E-state index contributed by atoms with van der Waals surface area (Å²) in [5.74, 6) is 0.958. The van der Waals surface area contributed by atoms with Crippen LogP contribution in [-0.4, -0.2) is 18.1 Å². The van der Waals surface area contributed by atoms with Gasteiger partial charge in [0.1, 0.15) is 5.75 Å². The molecule has 0 atom stereocenters. The van der Waals surface area contributed by atoms with Gasteiger partial charge >= 0.3 is 0 Å². The van der Waals surface area contributed by atoms with E-state index in [1.165, 1.54) is 12.8 Å². The molecule has 0 amide bonds. The first kappa shape index (κ1) is 14.8. The molecule has 2 aromatic rings.